The first-order chi connectivity index (χ1) is 19.5. The molecule has 2 aliphatic rings. The largest absolute Gasteiger partial charge is 0.457 e. The fourth-order valence-corrected chi connectivity index (χ4v) is 6.00. The van der Waals surface area contributed by atoms with E-state index >= 15 is 0 Å². The van der Waals surface area contributed by atoms with E-state index in [-0.39, 0.29) is 11.4 Å². The van der Waals surface area contributed by atoms with Crippen LogP contribution in [0.1, 0.15) is 31.2 Å². The third-order valence-electron chi connectivity index (χ3n) is 7.67. The first-order valence-electron chi connectivity index (χ1n) is 13.7. The summed E-state index contributed by atoms with van der Waals surface area (Å²) in [4.78, 5) is 23.5. The molecule has 1 atom stereocenters. The van der Waals surface area contributed by atoms with Crippen molar-refractivity contribution >= 4 is 23.3 Å². The highest BCUT2D eigenvalue weighted by atomic mass is 35.5. The summed E-state index contributed by atoms with van der Waals surface area (Å²) in [7, 11) is 0. The first kappa shape index (κ1) is 26.3. The molecule has 206 valence electrons. The molecule has 1 spiro atoms. The summed E-state index contributed by atoms with van der Waals surface area (Å²) in [6.07, 6.45) is 9.26. The fourth-order valence-electron chi connectivity index (χ4n) is 5.88. The lowest BCUT2D eigenvalue weighted by atomic mass is 9.73. The molecular weight excluding hydrogens is 526 g/mol. The third kappa shape index (κ3) is 6.26. The molecule has 0 aliphatic carbocycles. The number of halogens is 1. The molecule has 1 N–H and O–H groups in total. The molecule has 0 saturated carbocycles. The van der Waals surface area contributed by atoms with E-state index in [4.69, 9.17) is 16.3 Å². The summed E-state index contributed by atoms with van der Waals surface area (Å²) in [5, 5.41) is 11.9. The highest BCUT2D eigenvalue weighted by Crippen LogP contribution is 2.39. The Labute approximate surface area is 238 Å². The maximum atomic E-state index is 13.2. The minimum atomic E-state index is -0.0741. The summed E-state index contributed by atoms with van der Waals surface area (Å²) in [6, 6.07) is 19.2. The lowest BCUT2D eigenvalue weighted by Crippen LogP contribution is -2.54. The van der Waals surface area contributed by atoms with Gasteiger partial charge in [0.2, 0.25) is 0 Å². The number of hydrogen-bond donors (Lipinski definition) is 1. The van der Waals surface area contributed by atoms with Gasteiger partial charge in [-0.1, -0.05) is 23.7 Å². The molecule has 10 heteroatoms. The quantitative estimate of drug-likeness (QED) is 0.312. The van der Waals surface area contributed by atoms with Crippen LogP contribution < -0.4 is 10.1 Å². The van der Waals surface area contributed by atoms with Crippen molar-refractivity contribution in [3.05, 3.63) is 89.8 Å². The predicted molar refractivity (Wildman–Crippen MR) is 154 cm³/mol. The van der Waals surface area contributed by atoms with Gasteiger partial charge in [-0.15, -0.1) is 4.80 Å². The Balaban J connectivity index is 1.06. The number of carbonyl (C=O) groups is 1. The number of rotatable bonds is 6. The second-order valence-corrected chi connectivity index (χ2v) is 11.1. The zero-order valence-corrected chi connectivity index (χ0v) is 23.0. The minimum absolute atomic E-state index is 0.0741. The molecule has 2 aliphatic heterocycles. The summed E-state index contributed by atoms with van der Waals surface area (Å²) in [5.74, 6) is 2.18. The fraction of sp³-hybridized carbons (Fsp3) is 0.333. The van der Waals surface area contributed by atoms with Crippen molar-refractivity contribution < 1.29 is 9.53 Å². The summed E-state index contributed by atoms with van der Waals surface area (Å²) in [5.41, 5.74) is 1.99. The second-order valence-electron chi connectivity index (χ2n) is 10.7. The average Bonchev–Trinajstić information content (AvgIpc) is 3.50. The van der Waals surface area contributed by atoms with Crippen LogP contribution in [0, 0.1) is 5.41 Å². The van der Waals surface area contributed by atoms with Crippen molar-refractivity contribution in [1.29, 1.82) is 0 Å². The summed E-state index contributed by atoms with van der Waals surface area (Å²) in [6.45, 7) is 4.42. The van der Waals surface area contributed by atoms with Crippen molar-refractivity contribution in [3.8, 4) is 17.3 Å². The van der Waals surface area contributed by atoms with Crippen molar-refractivity contribution in [1.82, 2.24) is 29.8 Å². The minimum Gasteiger partial charge on any atom is -0.457 e. The molecule has 2 aromatic heterocycles. The second kappa shape index (κ2) is 11.7. The molecule has 2 aromatic carbocycles. The van der Waals surface area contributed by atoms with Gasteiger partial charge in [-0.25, -0.2) is 9.78 Å². The molecule has 4 aromatic rings. The van der Waals surface area contributed by atoms with Crippen molar-refractivity contribution in [2.45, 2.75) is 32.2 Å². The van der Waals surface area contributed by atoms with Crippen LogP contribution in [0.2, 0.25) is 5.02 Å². The normalized spacial score (nSPS) is 19.5. The smallest absolute Gasteiger partial charge is 0.321 e. The van der Waals surface area contributed by atoms with Gasteiger partial charge in [-0.3, -0.25) is 4.90 Å². The average molecular weight is 558 g/mol. The van der Waals surface area contributed by atoms with Gasteiger partial charge in [0.15, 0.2) is 5.82 Å². The highest BCUT2D eigenvalue weighted by molar-refractivity contribution is 6.30. The number of urea groups is 1. The Kier molecular flexibility index (Phi) is 7.66. The number of amides is 2. The lowest BCUT2D eigenvalue weighted by Gasteiger charge is -2.48. The van der Waals surface area contributed by atoms with Gasteiger partial charge in [0.25, 0.3) is 0 Å². The molecule has 4 heterocycles. The van der Waals surface area contributed by atoms with E-state index in [0.29, 0.717) is 16.5 Å². The molecule has 2 fully saturated rings. The van der Waals surface area contributed by atoms with Crippen LogP contribution in [0.15, 0.2) is 79.3 Å². The Bertz CT molecular complexity index is 1430. The van der Waals surface area contributed by atoms with Crippen LogP contribution in [0.5, 0.6) is 11.5 Å². The van der Waals surface area contributed by atoms with Crippen LogP contribution in [0.4, 0.5) is 10.5 Å². The third-order valence-corrected chi connectivity index (χ3v) is 7.92. The topological polar surface area (TPSA) is 88.4 Å². The number of anilines is 1. The number of pyridine rings is 1. The van der Waals surface area contributed by atoms with Crippen LogP contribution in [0.25, 0.3) is 5.82 Å². The Morgan fingerprint density at radius 1 is 0.950 bits per heavy atom. The van der Waals surface area contributed by atoms with Gasteiger partial charge in [-0.05, 0) is 86.3 Å². The molecule has 0 bridgehead atoms. The van der Waals surface area contributed by atoms with Gasteiger partial charge in [0.05, 0.1) is 24.3 Å². The molecule has 40 heavy (non-hydrogen) atoms. The van der Waals surface area contributed by atoms with Gasteiger partial charge >= 0.3 is 6.03 Å². The number of benzene rings is 2. The number of aromatic nitrogens is 4. The predicted octanol–water partition coefficient (Wildman–Crippen LogP) is 6.02. The number of piperidine rings is 2. The Hall–Kier alpha value is -3.95. The van der Waals surface area contributed by atoms with Crippen LogP contribution in [0.3, 0.4) is 0 Å². The highest BCUT2D eigenvalue weighted by Gasteiger charge is 2.40. The SMILES string of the molecule is O=C(Nc1ccc(-n2nccn2)nc1)N1CCCC2(CCCN(Cc3cccc(Oc4ccc(Cl)cc4)c3)C2)C1. The van der Waals surface area contributed by atoms with Crippen LogP contribution in [-0.2, 0) is 6.54 Å². The number of likely N-dealkylation sites (tertiary alicyclic amines) is 2. The van der Waals surface area contributed by atoms with E-state index in [2.05, 4.69) is 37.5 Å². The molecular formula is C30H32ClN7O2. The number of nitrogens with one attached hydrogen (secondary N) is 1. The monoisotopic (exact) mass is 557 g/mol. The first-order valence-corrected chi connectivity index (χ1v) is 14.0. The maximum Gasteiger partial charge on any atom is 0.321 e. The zero-order valence-electron chi connectivity index (χ0n) is 22.2. The summed E-state index contributed by atoms with van der Waals surface area (Å²) >= 11 is 6.00. The van der Waals surface area contributed by atoms with Crippen molar-refractivity contribution in [3.63, 3.8) is 0 Å². The van der Waals surface area contributed by atoms with E-state index < -0.39 is 0 Å². The van der Waals surface area contributed by atoms with Crippen molar-refractivity contribution in [2.75, 3.05) is 31.5 Å². The van der Waals surface area contributed by atoms with Gasteiger partial charge in [0, 0.05) is 36.6 Å². The number of hydrogen-bond acceptors (Lipinski definition) is 6. The number of ether oxygens (including phenoxy) is 1. The maximum absolute atomic E-state index is 13.2. The van der Waals surface area contributed by atoms with Gasteiger partial charge in [0.1, 0.15) is 11.5 Å². The number of nitrogens with zero attached hydrogens (tertiary/aromatic N) is 6. The van der Waals surface area contributed by atoms with E-state index in [9.17, 15) is 4.79 Å². The Morgan fingerprint density at radius 2 is 1.75 bits per heavy atom. The van der Waals surface area contributed by atoms with Crippen LogP contribution in [-0.4, -0.2) is 62.0 Å². The molecule has 6 rings (SSSR count). The Morgan fingerprint density at radius 3 is 2.52 bits per heavy atom. The molecule has 9 nitrogen and oxygen atoms in total. The standard InChI is InChI=1S/C30H32ClN7O2/c31-24-6-9-26(10-7-24)40-27-5-1-4-23(18-27)20-36-16-2-12-30(21-36)13-3-17-37(22-30)29(39)35-25-8-11-28(32-19-25)38-33-14-15-34-38/h1,4-11,14-15,18-19H,2-3,12-13,16-17,20-22H2,(H,35,39). The molecule has 2 amide bonds. The zero-order chi connectivity index (χ0) is 27.4. The van der Waals surface area contributed by atoms with Gasteiger partial charge < -0.3 is 15.0 Å². The number of carbonyl (C=O) groups excluding carboxylic acids is 1. The summed E-state index contributed by atoms with van der Waals surface area (Å²) < 4.78 is 6.05. The van der Waals surface area contributed by atoms with E-state index in [1.807, 2.05) is 47.4 Å². The molecule has 0 radical (unpaired) electrons. The van der Waals surface area contributed by atoms with Gasteiger partial charge in [-0.2, -0.15) is 10.2 Å². The molecule has 1 unspecified atom stereocenters. The van der Waals surface area contributed by atoms with E-state index in [1.54, 1.807) is 24.7 Å². The van der Waals surface area contributed by atoms with E-state index in [1.165, 1.54) is 10.4 Å². The molecule has 2 saturated heterocycles. The lowest BCUT2D eigenvalue weighted by molar-refractivity contribution is 0.0255. The van der Waals surface area contributed by atoms with Crippen molar-refractivity contribution in [2.24, 2.45) is 5.41 Å². The van der Waals surface area contributed by atoms with E-state index in [0.717, 1.165) is 69.9 Å². The van der Waals surface area contributed by atoms with Crippen LogP contribution >= 0.6 is 11.6 Å².